The second-order valence-electron chi connectivity index (χ2n) is 5.85. The number of para-hydroxylation sites is 1. The number of hydrogen-bond acceptors (Lipinski definition) is 3. The van der Waals surface area contributed by atoms with Crippen molar-refractivity contribution in [2.24, 2.45) is 17.3 Å². The van der Waals surface area contributed by atoms with Crippen molar-refractivity contribution < 1.29 is 14.7 Å². The van der Waals surface area contributed by atoms with Gasteiger partial charge in [0, 0.05) is 23.0 Å². The molecule has 0 aliphatic heterocycles. The lowest BCUT2D eigenvalue weighted by atomic mass is 9.63. The van der Waals surface area contributed by atoms with Crippen LogP contribution in [0.5, 0.6) is 0 Å². The number of hydrogen-bond donors (Lipinski definition) is 1. The number of anilines is 1. The van der Waals surface area contributed by atoms with Gasteiger partial charge in [0.15, 0.2) is 0 Å². The van der Waals surface area contributed by atoms with Crippen molar-refractivity contribution in [2.45, 2.75) is 33.1 Å². The van der Waals surface area contributed by atoms with Gasteiger partial charge in [-0.1, -0.05) is 38.5 Å². The van der Waals surface area contributed by atoms with Gasteiger partial charge < -0.3 is 15.2 Å². The standard InChI is InChI=1S/C16H21NO3/c1-11-13(9-6-10-16(11,2)15(19)20)14(18)17-12-7-4-3-5-8-12/h3-5,7-8,11,13H,6,9-10H2,1-2H3,(H,17,18)(H,19,20)/p-1/t11-,13-,16-/m1/s1. The van der Waals surface area contributed by atoms with E-state index in [1.807, 2.05) is 37.3 Å². The quantitative estimate of drug-likeness (QED) is 0.914. The van der Waals surface area contributed by atoms with Crippen molar-refractivity contribution in [3.05, 3.63) is 30.3 Å². The van der Waals surface area contributed by atoms with Crippen LogP contribution in [-0.4, -0.2) is 11.9 Å². The van der Waals surface area contributed by atoms with Gasteiger partial charge in [-0.25, -0.2) is 0 Å². The van der Waals surface area contributed by atoms with Gasteiger partial charge in [0.25, 0.3) is 0 Å². The maximum atomic E-state index is 12.4. The molecule has 20 heavy (non-hydrogen) atoms. The Morgan fingerprint density at radius 3 is 2.55 bits per heavy atom. The first-order chi connectivity index (χ1) is 9.45. The lowest BCUT2D eigenvalue weighted by molar-refractivity contribution is -0.323. The minimum absolute atomic E-state index is 0.101. The molecule has 1 aliphatic carbocycles. The van der Waals surface area contributed by atoms with Gasteiger partial charge in [-0.3, -0.25) is 4.79 Å². The molecule has 4 nitrogen and oxygen atoms in total. The zero-order chi connectivity index (χ0) is 14.8. The monoisotopic (exact) mass is 274 g/mol. The van der Waals surface area contributed by atoms with Gasteiger partial charge in [0.05, 0.1) is 0 Å². The Labute approximate surface area is 119 Å². The summed E-state index contributed by atoms with van der Waals surface area (Å²) in [5, 5.41) is 14.2. The number of rotatable bonds is 3. The summed E-state index contributed by atoms with van der Waals surface area (Å²) in [7, 11) is 0. The van der Waals surface area contributed by atoms with Crippen LogP contribution >= 0.6 is 0 Å². The molecular weight excluding hydrogens is 254 g/mol. The predicted octanol–water partition coefficient (Wildman–Crippen LogP) is 1.82. The number of nitrogens with one attached hydrogen (secondary N) is 1. The number of benzene rings is 1. The molecule has 0 aromatic heterocycles. The Balaban J connectivity index is 2.12. The van der Waals surface area contributed by atoms with Crippen molar-refractivity contribution in [1.29, 1.82) is 0 Å². The van der Waals surface area contributed by atoms with E-state index in [1.165, 1.54) is 0 Å². The van der Waals surface area contributed by atoms with Gasteiger partial charge in [-0.2, -0.15) is 0 Å². The lowest BCUT2D eigenvalue weighted by Gasteiger charge is -2.44. The Morgan fingerprint density at radius 2 is 1.95 bits per heavy atom. The Hall–Kier alpha value is -1.84. The molecule has 1 saturated carbocycles. The highest BCUT2D eigenvalue weighted by Gasteiger charge is 2.43. The van der Waals surface area contributed by atoms with Crippen molar-refractivity contribution in [3.8, 4) is 0 Å². The number of carbonyl (C=O) groups excluding carboxylic acids is 2. The zero-order valence-electron chi connectivity index (χ0n) is 11.9. The fourth-order valence-electron chi connectivity index (χ4n) is 3.01. The molecule has 0 unspecified atom stereocenters. The molecule has 0 heterocycles. The smallest absolute Gasteiger partial charge is 0.227 e. The molecule has 1 N–H and O–H groups in total. The van der Waals surface area contributed by atoms with E-state index in [0.717, 1.165) is 18.5 Å². The second kappa shape index (κ2) is 5.65. The number of carboxylic acid groups (broad SMARTS) is 1. The molecule has 1 aromatic rings. The summed E-state index contributed by atoms with van der Waals surface area (Å²) in [5.74, 6) is -1.67. The SMILES string of the molecule is C[C@@H]1[C@H](C(=O)Nc2ccccc2)CCC[C@@]1(C)C(=O)[O-]. The molecule has 4 heteroatoms. The first kappa shape index (κ1) is 14.6. The van der Waals surface area contributed by atoms with Crippen LogP contribution < -0.4 is 10.4 Å². The lowest BCUT2D eigenvalue weighted by Crippen LogP contribution is -2.50. The molecule has 0 radical (unpaired) electrons. The second-order valence-corrected chi connectivity index (χ2v) is 5.85. The molecule has 1 aromatic carbocycles. The summed E-state index contributed by atoms with van der Waals surface area (Å²) in [5.41, 5.74) is -0.179. The van der Waals surface area contributed by atoms with Crippen molar-refractivity contribution >= 4 is 17.6 Å². The van der Waals surface area contributed by atoms with E-state index >= 15 is 0 Å². The third kappa shape index (κ3) is 2.69. The number of carbonyl (C=O) groups is 2. The molecule has 0 bridgehead atoms. The number of carboxylic acids is 1. The van der Waals surface area contributed by atoms with E-state index in [4.69, 9.17) is 0 Å². The summed E-state index contributed by atoms with van der Waals surface area (Å²) >= 11 is 0. The fraction of sp³-hybridized carbons (Fsp3) is 0.500. The van der Waals surface area contributed by atoms with E-state index in [9.17, 15) is 14.7 Å². The zero-order valence-corrected chi connectivity index (χ0v) is 11.9. The van der Waals surface area contributed by atoms with Gasteiger partial charge in [0.1, 0.15) is 0 Å². The third-order valence-corrected chi connectivity index (χ3v) is 4.66. The molecular formula is C16H20NO3-. The summed E-state index contributed by atoms with van der Waals surface area (Å²) in [6, 6.07) is 9.23. The average Bonchev–Trinajstić information content (AvgIpc) is 2.42. The van der Waals surface area contributed by atoms with Crippen molar-refractivity contribution in [2.75, 3.05) is 5.32 Å². The molecule has 1 fully saturated rings. The molecule has 1 aliphatic rings. The van der Waals surface area contributed by atoms with E-state index in [0.29, 0.717) is 6.42 Å². The van der Waals surface area contributed by atoms with Crippen LogP contribution in [0.2, 0.25) is 0 Å². The summed E-state index contributed by atoms with van der Waals surface area (Å²) in [6.45, 7) is 3.53. The normalized spacial score (nSPS) is 29.7. The molecule has 108 valence electrons. The number of amides is 1. The van der Waals surface area contributed by atoms with Gasteiger partial charge >= 0.3 is 0 Å². The fourth-order valence-corrected chi connectivity index (χ4v) is 3.01. The predicted molar refractivity (Wildman–Crippen MR) is 74.7 cm³/mol. The molecule has 0 spiro atoms. The maximum absolute atomic E-state index is 12.4. The van der Waals surface area contributed by atoms with Crippen LogP contribution in [0.25, 0.3) is 0 Å². The minimum Gasteiger partial charge on any atom is -0.550 e. The Morgan fingerprint density at radius 1 is 1.30 bits per heavy atom. The minimum atomic E-state index is -1.05. The van der Waals surface area contributed by atoms with Gasteiger partial charge in [-0.05, 0) is 30.9 Å². The van der Waals surface area contributed by atoms with Crippen LogP contribution in [0.4, 0.5) is 5.69 Å². The van der Waals surface area contributed by atoms with Crippen molar-refractivity contribution in [1.82, 2.24) is 0 Å². The van der Waals surface area contributed by atoms with Crippen LogP contribution in [0, 0.1) is 17.3 Å². The Bertz CT molecular complexity index is 500. The third-order valence-electron chi connectivity index (χ3n) is 4.66. The van der Waals surface area contributed by atoms with Gasteiger partial charge in [0.2, 0.25) is 5.91 Å². The molecule has 3 atom stereocenters. The van der Waals surface area contributed by atoms with Crippen LogP contribution in [0.1, 0.15) is 33.1 Å². The first-order valence-corrected chi connectivity index (χ1v) is 7.02. The molecule has 1 amide bonds. The Kier molecular flexibility index (Phi) is 4.12. The molecule has 2 rings (SSSR count). The van der Waals surface area contributed by atoms with Gasteiger partial charge in [-0.15, -0.1) is 0 Å². The van der Waals surface area contributed by atoms with E-state index in [-0.39, 0.29) is 17.7 Å². The van der Waals surface area contributed by atoms with Crippen LogP contribution in [-0.2, 0) is 9.59 Å². The van der Waals surface area contributed by atoms with E-state index in [1.54, 1.807) is 6.92 Å². The van der Waals surface area contributed by atoms with Crippen LogP contribution in [0.3, 0.4) is 0 Å². The van der Waals surface area contributed by atoms with E-state index < -0.39 is 11.4 Å². The largest absolute Gasteiger partial charge is 0.550 e. The highest BCUT2D eigenvalue weighted by molar-refractivity contribution is 5.93. The number of aliphatic carboxylic acids is 1. The average molecular weight is 274 g/mol. The summed E-state index contributed by atoms with van der Waals surface area (Å²) < 4.78 is 0. The summed E-state index contributed by atoms with van der Waals surface area (Å²) in [6.07, 6.45) is 2.04. The van der Waals surface area contributed by atoms with Crippen LogP contribution in [0.15, 0.2) is 30.3 Å². The maximum Gasteiger partial charge on any atom is 0.227 e. The highest BCUT2D eigenvalue weighted by Crippen LogP contribution is 2.44. The summed E-state index contributed by atoms with van der Waals surface area (Å²) in [4.78, 5) is 23.7. The molecule has 0 saturated heterocycles. The first-order valence-electron chi connectivity index (χ1n) is 7.02. The topological polar surface area (TPSA) is 69.2 Å². The highest BCUT2D eigenvalue weighted by atomic mass is 16.4. The van der Waals surface area contributed by atoms with E-state index in [2.05, 4.69) is 5.32 Å². The van der Waals surface area contributed by atoms with Crippen molar-refractivity contribution in [3.63, 3.8) is 0 Å².